The van der Waals surface area contributed by atoms with Crippen molar-refractivity contribution in [3.63, 3.8) is 0 Å². The molecule has 2 heterocycles. The maximum Gasteiger partial charge on any atom is 0.407 e. The Labute approximate surface area is 138 Å². The Morgan fingerprint density at radius 3 is 2.62 bits per heavy atom. The van der Waals surface area contributed by atoms with E-state index in [0.717, 1.165) is 12.8 Å². The molecule has 0 spiro atoms. The monoisotopic (exact) mass is 330 g/mol. The van der Waals surface area contributed by atoms with Crippen molar-refractivity contribution in [2.24, 2.45) is 0 Å². The van der Waals surface area contributed by atoms with Crippen LogP contribution >= 0.6 is 0 Å². The van der Waals surface area contributed by atoms with Crippen LogP contribution in [0.25, 0.3) is 11.3 Å². The van der Waals surface area contributed by atoms with Crippen molar-refractivity contribution in [2.75, 3.05) is 18.8 Å². The molecular formula is C16H18N4O4. The Kier molecular flexibility index (Phi) is 4.11. The number of piperidine rings is 1. The topological polar surface area (TPSA) is 133 Å². The van der Waals surface area contributed by atoms with Crippen LogP contribution in [0.1, 0.15) is 24.5 Å². The Bertz CT molecular complexity index is 760. The van der Waals surface area contributed by atoms with Crippen LogP contribution in [0.2, 0.25) is 0 Å². The maximum atomic E-state index is 11.2. The minimum atomic E-state index is -0.958. The highest BCUT2D eigenvalue weighted by Crippen LogP contribution is 2.37. The van der Waals surface area contributed by atoms with E-state index in [9.17, 15) is 15.0 Å². The van der Waals surface area contributed by atoms with Crippen molar-refractivity contribution < 1.29 is 20.1 Å². The van der Waals surface area contributed by atoms with Gasteiger partial charge in [-0.25, -0.2) is 14.8 Å². The normalized spacial score (nSPS) is 17.7. The standard InChI is InChI=1S/C16H18N4O4/c17-15-18-10(9-3-2-6-20(8-9)16(23)24)7-11(19-15)14-12(21)4-1-5-13(14)22/h1,4-5,7,9,21-22H,2-3,6,8H2,(H,23,24)(H2,17,18,19). The largest absolute Gasteiger partial charge is 0.507 e. The molecule has 1 amide bonds. The van der Waals surface area contributed by atoms with Gasteiger partial charge in [-0.05, 0) is 31.0 Å². The van der Waals surface area contributed by atoms with Crippen LogP contribution in [-0.4, -0.2) is 49.4 Å². The summed E-state index contributed by atoms with van der Waals surface area (Å²) in [7, 11) is 0. The molecule has 3 rings (SSSR count). The van der Waals surface area contributed by atoms with Gasteiger partial charge in [-0.2, -0.15) is 0 Å². The predicted octanol–water partition coefficient (Wildman–Crippen LogP) is 1.99. The number of aromatic hydroxyl groups is 2. The SMILES string of the molecule is Nc1nc(-c2c(O)cccc2O)cc(C2CCCN(C(=O)O)C2)n1. The van der Waals surface area contributed by atoms with E-state index in [0.29, 0.717) is 24.5 Å². The molecule has 8 nitrogen and oxygen atoms in total. The number of phenolic OH excluding ortho intramolecular Hbond substituents is 2. The first-order valence-electron chi connectivity index (χ1n) is 7.59. The number of nitrogen functional groups attached to an aromatic ring is 1. The van der Waals surface area contributed by atoms with E-state index in [1.807, 2.05) is 0 Å². The van der Waals surface area contributed by atoms with E-state index in [2.05, 4.69) is 9.97 Å². The molecule has 0 saturated carbocycles. The third-order valence-corrected chi connectivity index (χ3v) is 4.15. The number of hydrogen-bond donors (Lipinski definition) is 4. The van der Waals surface area contributed by atoms with Crippen LogP contribution in [0.15, 0.2) is 24.3 Å². The van der Waals surface area contributed by atoms with Crippen molar-refractivity contribution in [3.05, 3.63) is 30.0 Å². The van der Waals surface area contributed by atoms with Gasteiger partial charge >= 0.3 is 6.09 Å². The minimum Gasteiger partial charge on any atom is -0.507 e. The number of anilines is 1. The van der Waals surface area contributed by atoms with Crippen LogP contribution in [-0.2, 0) is 0 Å². The molecule has 1 fully saturated rings. The fourth-order valence-corrected chi connectivity index (χ4v) is 3.01. The summed E-state index contributed by atoms with van der Waals surface area (Å²) >= 11 is 0. The lowest BCUT2D eigenvalue weighted by Gasteiger charge is -2.30. The molecule has 5 N–H and O–H groups in total. The lowest BCUT2D eigenvalue weighted by Crippen LogP contribution is -2.38. The second-order valence-electron chi connectivity index (χ2n) is 5.78. The number of amides is 1. The Morgan fingerprint density at radius 1 is 1.25 bits per heavy atom. The van der Waals surface area contributed by atoms with E-state index < -0.39 is 6.09 Å². The van der Waals surface area contributed by atoms with E-state index in [1.54, 1.807) is 6.07 Å². The molecule has 0 bridgehead atoms. The highest BCUT2D eigenvalue weighted by Gasteiger charge is 2.26. The Hall–Kier alpha value is -3.03. The molecule has 24 heavy (non-hydrogen) atoms. The summed E-state index contributed by atoms with van der Waals surface area (Å²) in [5.41, 5.74) is 6.87. The zero-order chi connectivity index (χ0) is 17.3. The number of nitrogens with two attached hydrogens (primary N) is 1. The number of aromatic nitrogens is 2. The first kappa shape index (κ1) is 15.9. The average molecular weight is 330 g/mol. The van der Waals surface area contributed by atoms with Gasteiger partial charge in [0.25, 0.3) is 0 Å². The fraction of sp³-hybridized carbons (Fsp3) is 0.312. The first-order chi connectivity index (χ1) is 11.5. The van der Waals surface area contributed by atoms with E-state index in [4.69, 9.17) is 10.8 Å². The molecule has 0 aliphatic carbocycles. The number of hydrogen-bond acceptors (Lipinski definition) is 6. The van der Waals surface area contributed by atoms with Gasteiger partial charge in [0.1, 0.15) is 11.5 Å². The lowest BCUT2D eigenvalue weighted by atomic mass is 9.93. The second kappa shape index (κ2) is 6.23. The van der Waals surface area contributed by atoms with Gasteiger partial charge in [0.15, 0.2) is 0 Å². The molecule has 1 aliphatic rings. The minimum absolute atomic E-state index is 0.0117. The van der Waals surface area contributed by atoms with E-state index in [1.165, 1.54) is 23.1 Å². The fourth-order valence-electron chi connectivity index (χ4n) is 3.01. The van der Waals surface area contributed by atoms with Crippen molar-refractivity contribution in [3.8, 4) is 22.8 Å². The van der Waals surface area contributed by atoms with Crippen LogP contribution in [0, 0.1) is 0 Å². The van der Waals surface area contributed by atoms with Gasteiger partial charge in [0.05, 0.1) is 17.0 Å². The van der Waals surface area contributed by atoms with Gasteiger partial charge in [-0.1, -0.05) is 6.07 Å². The van der Waals surface area contributed by atoms with Crippen LogP contribution in [0.3, 0.4) is 0 Å². The van der Waals surface area contributed by atoms with Gasteiger partial charge in [-0.3, -0.25) is 0 Å². The van der Waals surface area contributed by atoms with Gasteiger partial charge in [-0.15, -0.1) is 0 Å². The number of likely N-dealkylation sites (tertiary alicyclic amines) is 1. The molecule has 1 aliphatic heterocycles. The zero-order valence-corrected chi connectivity index (χ0v) is 12.9. The number of carboxylic acid groups (broad SMARTS) is 1. The zero-order valence-electron chi connectivity index (χ0n) is 12.9. The molecule has 1 unspecified atom stereocenters. The first-order valence-corrected chi connectivity index (χ1v) is 7.59. The molecule has 1 aromatic carbocycles. The summed E-state index contributed by atoms with van der Waals surface area (Å²) in [6.45, 7) is 0.831. The highest BCUT2D eigenvalue weighted by atomic mass is 16.4. The Balaban J connectivity index is 1.99. The molecule has 1 aromatic heterocycles. The molecule has 1 atom stereocenters. The van der Waals surface area contributed by atoms with Gasteiger partial charge < -0.3 is 26.0 Å². The van der Waals surface area contributed by atoms with Gasteiger partial charge in [0.2, 0.25) is 5.95 Å². The van der Waals surface area contributed by atoms with Crippen LogP contribution < -0.4 is 5.73 Å². The Morgan fingerprint density at radius 2 is 1.96 bits per heavy atom. The second-order valence-corrected chi connectivity index (χ2v) is 5.78. The van der Waals surface area contributed by atoms with Crippen molar-refractivity contribution in [1.82, 2.24) is 14.9 Å². The van der Waals surface area contributed by atoms with E-state index >= 15 is 0 Å². The third kappa shape index (κ3) is 3.03. The molecule has 126 valence electrons. The van der Waals surface area contributed by atoms with Crippen molar-refractivity contribution in [1.29, 1.82) is 0 Å². The molecule has 2 aromatic rings. The predicted molar refractivity (Wildman–Crippen MR) is 86.8 cm³/mol. The summed E-state index contributed by atoms with van der Waals surface area (Å²) < 4.78 is 0. The lowest BCUT2D eigenvalue weighted by molar-refractivity contribution is 0.130. The third-order valence-electron chi connectivity index (χ3n) is 4.15. The summed E-state index contributed by atoms with van der Waals surface area (Å²) in [5, 5.41) is 29.2. The number of carbonyl (C=O) groups is 1. The molecule has 1 saturated heterocycles. The van der Waals surface area contributed by atoms with Crippen molar-refractivity contribution >= 4 is 12.0 Å². The quantitative estimate of drug-likeness (QED) is 0.661. The smallest absolute Gasteiger partial charge is 0.407 e. The summed E-state index contributed by atoms with van der Waals surface area (Å²) in [4.78, 5) is 20.8. The van der Waals surface area contributed by atoms with E-state index in [-0.39, 0.29) is 28.9 Å². The van der Waals surface area contributed by atoms with Gasteiger partial charge in [0, 0.05) is 19.0 Å². The average Bonchev–Trinajstić information content (AvgIpc) is 2.54. The number of rotatable bonds is 2. The molecule has 0 radical (unpaired) electrons. The van der Waals surface area contributed by atoms with Crippen LogP contribution in [0.5, 0.6) is 11.5 Å². The van der Waals surface area contributed by atoms with Crippen LogP contribution in [0.4, 0.5) is 10.7 Å². The maximum absolute atomic E-state index is 11.2. The number of benzene rings is 1. The molecular weight excluding hydrogens is 312 g/mol. The number of phenols is 2. The number of nitrogens with zero attached hydrogens (tertiary/aromatic N) is 3. The highest BCUT2D eigenvalue weighted by molar-refractivity contribution is 5.74. The molecule has 8 heteroatoms. The summed E-state index contributed by atoms with van der Waals surface area (Å²) in [6, 6.07) is 6.05. The summed E-state index contributed by atoms with van der Waals surface area (Å²) in [6.07, 6.45) is 0.560. The van der Waals surface area contributed by atoms with Crippen molar-refractivity contribution in [2.45, 2.75) is 18.8 Å². The summed E-state index contributed by atoms with van der Waals surface area (Å²) in [5.74, 6) is -0.325.